The summed E-state index contributed by atoms with van der Waals surface area (Å²) in [6, 6.07) is 10.8. The van der Waals surface area contributed by atoms with E-state index in [2.05, 4.69) is 10.3 Å². The topological polar surface area (TPSA) is 66.9 Å². The van der Waals surface area contributed by atoms with Crippen LogP contribution in [0.4, 0.5) is 0 Å². The molecule has 1 fully saturated rings. The van der Waals surface area contributed by atoms with Gasteiger partial charge in [-0.3, -0.25) is 14.4 Å². The van der Waals surface area contributed by atoms with Crippen LogP contribution in [0.2, 0.25) is 0 Å². The van der Waals surface area contributed by atoms with Gasteiger partial charge in [-0.15, -0.1) is 13.1 Å². The van der Waals surface area contributed by atoms with Crippen molar-refractivity contribution < 1.29 is 50.8 Å². The zero-order valence-corrected chi connectivity index (χ0v) is 21.4. The molecule has 0 unspecified atom stereocenters. The summed E-state index contributed by atoms with van der Waals surface area (Å²) < 4.78 is 13.0. The van der Waals surface area contributed by atoms with Crippen molar-refractivity contribution in [3.05, 3.63) is 76.9 Å². The largest absolute Gasteiger partial charge is 0.662 e. The number of nitrogens with zero attached hydrogens (tertiary/aromatic N) is 3. The fourth-order valence-electron chi connectivity index (χ4n) is 2.93. The molecular weight excluding hydrogens is 531 g/mol. The molecule has 1 radical (unpaired) electrons. The molecule has 2 aliphatic rings. The van der Waals surface area contributed by atoms with Crippen molar-refractivity contribution in [1.82, 2.24) is 4.57 Å². The molecule has 1 aromatic carbocycles. The standard InChI is InChI=1S/C21H21ClN3O3.CH3.Pr/c22-16-1-2-17(24-12-16)14-28-20-7-8-25(21(26)9-20)18-3-5-19(6-4-18)27-13-15-10-23-11-15;;/h3-9,12,15H,1-2,10-11,13-14H2;1H3;/q2*-1;. The van der Waals surface area contributed by atoms with Gasteiger partial charge in [-0.05, 0) is 49.1 Å². The predicted molar refractivity (Wildman–Crippen MR) is 117 cm³/mol. The van der Waals surface area contributed by atoms with Gasteiger partial charge in [0.15, 0.2) is 0 Å². The van der Waals surface area contributed by atoms with E-state index in [-0.39, 0.29) is 54.3 Å². The molecule has 157 valence electrons. The molecule has 0 atom stereocenters. The molecule has 0 spiro atoms. The summed E-state index contributed by atoms with van der Waals surface area (Å²) in [7, 11) is 0. The maximum Gasteiger partial charge on any atom is 0.258 e. The number of halogens is 1. The number of ether oxygens (including phenoxy) is 2. The summed E-state index contributed by atoms with van der Waals surface area (Å²) >= 11 is 5.90. The molecule has 0 bridgehead atoms. The Morgan fingerprint density at radius 2 is 1.87 bits per heavy atom. The molecule has 0 N–H and O–H groups in total. The quantitative estimate of drug-likeness (QED) is 0.478. The second-order valence-corrected chi connectivity index (χ2v) is 7.38. The minimum atomic E-state index is -0.157. The molecule has 0 saturated carbocycles. The summed E-state index contributed by atoms with van der Waals surface area (Å²) in [5.41, 5.74) is 1.54. The minimum Gasteiger partial charge on any atom is -0.662 e. The van der Waals surface area contributed by atoms with E-state index in [1.165, 1.54) is 6.07 Å². The van der Waals surface area contributed by atoms with E-state index in [1.54, 1.807) is 23.0 Å². The van der Waals surface area contributed by atoms with Crippen LogP contribution in [0.3, 0.4) is 0 Å². The average molecular weight is 555 g/mol. The van der Waals surface area contributed by atoms with E-state index in [0.717, 1.165) is 48.1 Å². The van der Waals surface area contributed by atoms with E-state index >= 15 is 0 Å². The fourth-order valence-corrected chi connectivity index (χ4v) is 3.07. The first-order valence-electron chi connectivity index (χ1n) is 9.29. The SMILES string of the molecule is O=c1cc(OCC2=NC=C(Cl)CC2)ccn1-c1ccc(OCC2C[N-]C2)cc1.[CH3-].[Pr]. The molecule has 2 aromatic rings. The Kier molecular flexibility index (Phi) is 10.0. The van der Waals surface area contributed by atoms with Gasteiger partial charge >= 0.3 is 0 Å². The molecule has 3 heterocycles. The number of allylic oxidation sites excluding steroid dienone is 1. The number of hydrogen-bond donors (Lipinski definition) is 0. The summed E-state index contributed by atoms with van der Waals surface area (Å²) in [6.45, 7) is 2.81. The van der Waals surface area contributed by atoms with Crippen LogP contribution in [0.1, 0.15) is 12.8 Å². The van der Waals surface area contributed by atoms with Crippen molar-refractivity contribution in [3.63, 3.8) is 0 Å². The molecule has 6 nitrogen and oxygen atoms in total. The summed E-state index contributed by atoms with van der Waals surface area (Å²) in [4.78, 5) is 16.7. The van der Waals surface area contributed by atoms with Crippen molar-refractivity contribution in [1.29, 1.82) is 0 Å². The molecule has 1 saturated heterocycles. The molecule has 1 aromatic heterocycles. The van der Waals surface area contributed by atoms with Crippen LogP contribution in [0.15, 0.2) is 63.6 Å². The third kappa shape index (κ3) is 6.65. The van der Waals surface area contributed by atoms with Gasteiger partial charge in [0.05, 0.1) is 12.3 Å². The van der Waals surface area contributed by atoms with Gasteiger partial charge in [0, 0.05) is 70.5 Å². The first kappa shape index (κ1) is 25.1. The predicted octanol–water partition coefficient (Wildman–Crippen LogP) is 4.36. The fraction of sp³-hybridized carbons (Fsp3) is 0.318. The van der Waals surface area contributed by atoms with Crippen LogP contribution in [-0.2, 0) is 0 Å². The van der Waals surface area contributed by atoms with Crippen molar-refractivity contribution in [3.8, 4) is 17.2 Å². The van der Waals surface area contributed by atoms with Crippen LogP contribution >= 0.6 is 11.6 Å². The van der Waals surface area contributed by atoms with Crippen LogP contribution in [0.5, 0.6) is 11.5 Å². The Balaban J connectivity index is 0.00000160. The zero-order chi connectivity index (χ0) is 19.3. The summed E-state index contributed by atoms with van der Waals surface area (Å²) in [5, 5.41) is 4.93. The Hall–Kier alpha value is -1.21. The third-order valence-electron chi connectivity index (χ3n) is 4.71. The first-order valence-corrected chi connectivity index (χ1v) is 9.67. The number of hydrogen-bond acceptors (Lipinski definition) is 4. The molecule has 4 rings (SSSR count). The monoisotopic (exact) mass is 554 g/mol. The minimum absolute atomic E-state index is 0. The van der Waals surface area contributed by atoms with Gasteiger partial charge in [0.25, 0.3) is 5.56 Å². The average Bonchev–Trinajstić information content (AvgIpc) is 2.67. The number of benzene rings is 1. The molecule has 2 aliphatic heterocycles. The smallest absolute Gasteiger partial charge is 0.258 e. The molecular formula is C22H24ClN3O3Pr-2. The molecule has 8 heteroatoms. The van der Waals surface area contributed by atoms with Crippen LogP contribution in [-0.4, -0.2) is 36.6 Å². The van der Waals surface area contributed by atoms with Crippen LogP contribution < -0.4 is 15.0 Å². The van der Waals surface area contributed by atoms with Crippen LogP contribution in [0, 0.1) is 54.6 Å². The zero-order valence-electron chi connectivity index (χ0n) is 17.0. The van der Waals surface area contributed by atoms with Gasteiger partial charge in [0.1, 0.15) is 18.1 Å². The molecule has 0 amide bonds. The van der Waals surface area contributed by atoms with E-state index in [9.17, 15) is 4.79 Å². The Morgan fingerprint density at radius 3 is 2.47 bits per heavy atom. The Bertz CT molecular complexity index is 953. The van der Waals surface area contributed by atoms with Gasteiger partial charge < -0.3 is 22.2 Å². The second-order valence-electron chi connectivity index (χ2n) is 6.89. The molecule has 30 heavy (non-hydrogen) atoms. The number of pyridine rings is 1. The first-order chi connectivity index (χ1) is 13.7. The van der Waals surface area contributed by atoms with E-state index < -0.39 is 0 Å². The maximum absolute atomic E-state index is 12.5. The second kappa shape index (κ2) is 12.0. The number of aliphatic imine (C=N–C) groups is 1. The maximum atomic E-state index is 12.5. The normalized spacial score (nSPS) is 15.6. The van der Waals surface area contributed by atoms with Crippen molar-refractivity contribution in [2.45, 2.75) is 12.8 Å². The van der Waals surface area contributed by atoms with Gasteiger partial charge in [-0.2, -0.15) is 0 Å². The van der Waals surface area contributed by atoms with E-state index in [0.29, 0.717) is 24.9 Å². The van der Waals surface area contributed by atoms with E-state index in [4.69, 9.17) is 21.1 Å². The van der Waals surface area contributed by atoms with Crippen molar-refractivity contribution >= 4 is 17.3 Å². The number of aromatic nitrogens is 1. The Morgan fingerprint density at radius 1 is 1.10 bits per heavy atom. The Labute approximate surface area is 215 Å². The van der Waals surface area contributed by atoms with Gasteiger partial charge in [0.2, 0.25) is 0 Å². The third-order valence-corrected chi connectivity index (χ3v) is 5.00. The van der Waals surface area contributed by atoms with Gasteiger partial charge in [-0.25, -0.2) is 0 Å². The van der Waals surface area contributed by atoms with E-state index in [1.807, 2.05) is 24.3 Å². The van der Waals surface area contributed by atoms with Crippen molar-refractivity contribution in [2.75, 3.05) is 26.3 Å². The summed E-state index contributed by atoms with van der Waals surface area (Å²) in [5.74, 6) is 1.85. The number of rotatable bonds is 7. The molecule has 0 aliphatic carbocycles. The van der Waals surface area contributed by atoms with Crippen LogP contribution in [0.25, 0.3) is 11.0 Å². The summed E-state index contributed by atoms with van der Waals surface area (Å²) in [6.07, 6.45) is 4.91. The van der Waals surface area contributed by atoms with Crippen molar-refractivity contribution in [2.24, 2.45) is 10.9 Å². The van der Waals surface area contributed by atoms with Gasteiger partial charge in [-0.1, -0.05) is 11.6 Å².